The van der Waals surface area contributed by atoms with E-state index >= 15 is 0 Å². The van der Waals surface area contributed by atoms with Gasteiger partial charge in [-0.05, 0) is 28.1 Å². The van der Waals surface area contributed by atoms with E-state index < -0.39 is 5.97 Å². The maximum atomic E-state index is 10.2. The summed E-state index contributed by atoms with van der Waals surface area (Å²) < 4.78 is 0.853. The summed E-state index contributed by atoms with van der Waals surface area (Å²) in [6.07, 6.45) is 1.56. The number of carbonyl (C=O) groups is 1. The lowest BCUT2D eigenvalue weighted by atomic mass is 10.3. The molecular formula is C7H7BrClNO2. The van der Waals surface area contributed by atoms with Crippen LogP contribution in [0.5, 0.6) is 0 Å². The monoisotopic (exact) mass is 251 g/mol. The molecule has 1 aromatic rings. The van der Waals surface area contributed by atoms with Crippen LogP contribution in [0.4, 0.5) is 0 Å². The van der Waals surface area contributed by atoms with Crippen molar-refractivity contribution in [3.8, 4) is 0 Å². The molecule has 12 heavy (non-hydrogen) atoms. The number of carboxylic acid groups (broad SMARTS) is 1. The molecule has 5 heteroatoms. The standard InChI is InChI=1S/C7H6BrNO2.ClH/c8-5-1-2-6(9-4-5)3-7(10)11;/h1-2,4H,3H2,(H,10,11);1H. The molecule has 1 aromatic heterocycles. The molecule has 1 rings (SSSR count). The van der Waals surface area contributed by atoms with E-state index in [1.807, 2.05) is 0 Å². The van der Waals surface area contributed by atoms with Gasteiger partial charge < -0.3 is 5.11 Å². The van der Waals surface area contributed by atoms with Gasteiger partial charge >= 0.3 is 5.97 Å². The maximum absolute atomic E-state index is 10.2. The first kappa shape index (κ1) is 11.4. The summed E-state index contributed by atoms with van der Waals surface area (Å²) in [6.45, 7) is 0. The van der Waals surface area contributed by atoms with Crippen LogP contribution in [0.2, 0.25) is 0 Å². The molecule has 0 amide bonds. The highest BCUT2D eigenvalue weighted by Gasteiger charge is 1.99. The first-order chi connectivity index (χ1) is 5.18. The highest BCUT2D eigenvalue weighted by molar-refractivity contribution is 9.10. The molecule has 3 nitrogen and oxygen atoms in total. The lowest BCUT2D eigenvalue weighted by molar-refractivity contribution is -0.136. The largest absolute Gasteiger partial charge is 0.481 e. The van der Waals surface area contributed by atoms with Gasteiger partial charge in [-0.2, -0.15) is 0 Å². The van der Waals surface area contributed by atoms with Gasteiger partial charge in [-0.25, -0.2) is 0 Å². The summed E-state index contributed by atoms with van der Waals surface area (Å²) in [7, 11) is 0. The van der Waals surface area contributed by atoms with E-state index in [9.17, 15) is 4.79 Å². The normalized spacial score (nSPS) is 8.75. The Hall–Kier alpha value is -0.610. The number of aliphatic carboxylic acids is 1. The molecule has 0 atom stereocenters. The number of rotatable bonds is 2. The fourth-order valence-corrected chi connectivity index (χ4v) is 0.900. The van der Waals surface area contributed by atoms with Crippen LogP contribution in [0, 0.1) is 0 Å². The summed E-state index contributed by atoms with van der Waals surface area (Å²) in [5, 5.41) is 8.38. The topological polar surface area (TPSA) is 50.2 Å². The van der Waals surface area contributed by atoms with E-state index in [4.69, 9.17) is 5.11 Å². The Kier molecular flexibility index (Phi) is 4.85. The van der Waals surface area contributed by atoms with Crippen LogP contribution < -0.4 is 0 Å². The average Bonchev–Trinajstić information content (AvgIpc) is 1.93. The van der Waals surface area contributed by atoms with Crippen molar-refractivity contribution >= 4 is 34.3 Å². The van der Waals surface area contributed by atoms with E-state index in [-0.39, 0.29) is 18.8 Å². The van der Waals surface area contributed by atoms with Gasteiger partial charge in [0, 0.05) is 10.7 Å². The number of hydrogen-bond acceptors (Lipinski definition) is 2. The zero-order valence-electron chi connectivity index (χ0n) is 6.03. The van der Waals surface area contributed by atoms with Gasteiger partial charge in [0.1, 0.15) is 0 Å². The first-order valence-corrected chi connectivity index (χ1v) is 3.80. The average molecular weight is 252 g/mol. The van der Waals surface area contributed by atoms with Crippen molar-refractivity contribution in [3.63, 3.8) is 0 Å². The molecular weight excluding hydrogens is 245 g/mol. The Morgan fingerprint density at radius 2 is 2.25 bits per heavy atom. The van der Waals surface area contributed by atoms with Gasteiger partial charge in [-0.15, -0.1) is 12.4 Å². The van der Waals surface area contributed by atoms with Crippen molar-refractivity contribution in [1.29, 1.82) is 0 Å². The molecule has 0 fully saturated rings. The molecule has 0 aromatic carbocycles. The summed E-state index contributed by atoms with van der Waals surface area (Å²) in [6, 6.07) is 3.45. The Morgan fingerprint density at radius 1 is 1.58 bits per heavy atom. The molecule has 0 saturated carbocycles. The van der Waals surface area contributed by atoms with Crippen LogP contribution in [0.3, 0.4) is 0 Å². The van der Waals surface area contributed by atoms with Gasteiger partial charge in [0.2, 0.25) is 0 Å². The van der Waals surface area contributed by atoms with Crippen molar-refractivity contribution in [2.24, 2.45) is 0 Å². The van der Waals surface area contributed by atoms with Gasteiger partial charge in [-0.1, -0.05) is 0 Å². The third-order valence-corrected chi connectivity index (χ3v) is 1.59. The zero-order chi connectivity index (χ0) is 8.27. The number of aromatic nitrogens is 1. The van der Waals surface area contributed by atoms with Crippen molar-refractivity contribution in [2.45, 2.75) is 6.42 Å². The van der Waals surface area contributed by atoms with Gasteiger partial charge in [0.15, 0.2) is 0 Å². The second-order valence-corrected chi connectivity index (χ2v) is 2.95. The predicted octanol–water partition coefficient (Wildman–Crippen LogP) is 1.89. The lowest BCUT2D eigenvalue weighted by Crippen LogP contribution is -2.01. The molecule has 0 aliphatic heterocycles. The van der Waals surface area contributed by atoms with E-state index in [0.29, 0.717) is 5.69 Å². The molecule has 0 saturated heterocycles. The Morgan fingerprint density at radius 3 is 2.67 bits per heavy atom. The van der Waals surface area contributed by atoms with E-state index in [1.165, 1.54) is 0 Å². The second kappa shape index (κ2) is 5.11. The van der Waals surface area contributed by atoms with Crippen molar-refractivity contribution in [1.82, 2.24) is 4.98 Å². The van der Waals surface area contributed by atoms with Crippen molar-refractivity contribution < 1.29 is 9.90 Å². The van der Waals surface area contributed by atoms with E-state index in [2.05, 4.69) is 20.9 Å². The van der Waals surface area contributed by atoms with Gasteiger partial charge in [-0.3, -0.25) is 9.78 Å². The summed E-state index contributed by atoms with van der Waals surface area (Å²) >= 11 is 3.20. The number of hydrogen-bond donors (Lipinski definition) is 1. The summed E-state index contributed by atoms with van der Waals surface area (Å²) in [4.78, 5) is 14.1. The predicted molar refractivity (Wildman–Crippen MR) is 50.5 cm³/mol. The Labute approximate surface area is 84.4 Å². The molecule has 0 aliphatic rings. The van der Waals surface area contributed by atoms with E-state index in [0.717, 1.165) is 4.47 Å². The van der Waals surface area contributed by atoms with Crippen LogP contribution in [0.25, 0.3) is 0 Å². The fourth-order valence-electron chi connectivity index (χ4n) is 0.666. The summed E-state index contributed by atoms with van der Waals surface area (Å²) in [5.74, 6) is -0.861. The third-order valence-electron chi connectivity index (χ3n) is 1.12. The molecule has 66 valence electrons. The van der Waals surface area contributed by atoms with Crippen LogP contribution in [-0.4, -0.2) is 16.1 Å². The first-order valence-electron chi connectivity index (χ1n) is 3.00. The smallest absolute Gasteiger partial charge is 0.309 e. The molecule has 0 bridgehead atoms. The van der Waals surface area contributed by atoms with Crippen LogP contribution >= 0.6 is 28.3 Å². The maximum Gasteiger partial charge on any atom is 0.309 e. The number of nitrogens with zero attached hydrogens (tertiary/aromatic N) is 1. The van der Waals surface area contributed by atoms with Crippen LogP contribution in [-0.2, 0) is 11.2 Å². The van der Waals surface area contributed by atoms with Gasteiger partial charge in [0.05, 0.1) is 12.1 Å². The Balaban J connectivity index is 0.00000121. The minimum atomic E-state index is -0.861. The number of carboxylic acids is 1. The van der Waals surface area contributed by atoms with Gasteiger partial charge in [0.25, 0.3) is 0 Å². The molecule has 0 radical (unpaired) electrons. The SMILES string of the molecule is Cl.O=C(O)Cc1ccc(Br)cn1. The molecule has 0 unspecified atom stereocenters. The third kappa shape index (κ3) is 3.69. The zero-order valence-corrected chi connectivity index (χ0v) is 8.43. The minimum Gasteiger partial charge on any atom is -0.481 e. The van der Waals surface area contributed by atoms with Crippen LogP contribution in [0.15, 0.2) is 22.8 Å². The highest BCUT2D eigenvalue weighted by atomic mass is 79.9. The molecule has 0 spiro atoms. The second-order valence-electron chi connectivity index (χ2n) is 2.04. The number of halogens is 2. The fraction of sp³-hybridized carbons (Fsp3) is 0.143. The summed E-state index contributed by atoms with van der Waals surface area (Å²) in [5.41, 5.74) is 0.570. The van der Waals surface area contributed by atoms with Crippen LogP contribution in [0.1, 0.15) is 5.69 Å². The quantitative estimate of drug-likeness (QED) is 0.874. The number of pyridine rings is 1. The molecule has 1 N–H and O–H groups in total. The molecule has 0 aliphatic carbocycles. The molecule has 1 heterocycles. The lowest BCUT2D eigenvalue weighted by Gasteiger charge is -1.94. The van der Waals surface area contributed by atoms with Crippen molar-refractivity contribution in [2.75, 3.05) is 0 Å². The van der Waals surface area contributed by atoms with E-state index in [1.54, 1.807) is 18.3 Å². The highest BCUT2D eigenvalue weighted by Crippen LogP contribution is 2.07. The minimum absolute atomic E-state index is 0. The van der Waals surface area contributed by atoms with Crippen molar-refractivity contribution in [3.05, 3.63) is 28.5 Å². The Bertz CT molecular complexity index is 263.